The molecule has 166 valence electrons. The highest BCUT2D eigenvalue weighted by atomic mass is 35.5. The average molecular weight is 458 g/mol. The zero-order valence-corrected chi connectivity index (χ0v) is 17.9. The molecule has 0 atom stereocenters. The monoisotopic (exact) mass is 457 g/mol. The number of aromatic nitrogens is 3. The van der Waals surface area contributed by atoms with E-state index in [0.717, 1.165) is 0 Å². The quantitative estimate of drug-likeness (QED) is 0.510. The summed E-state index contributed by atoms with van der Waals surface area (Å²) in [5.41, 5.74) is 7.07. The van der Waals surface area contributed by atoms with Gasteiger partial charge in [-0.15, -0.1) is 0 Å². The summed E-state index contributed by atoms with van der Waals surface area (Å²) in [6, 6.07) is 10.6. The molecule has 4 rings (SSSR count). The molecule has 0 saturated heterocycles. The molecule has 1 aromatic heterocycles. The third-order valence-corrected chi connectivity index (χ3v) is 4.70. The minimum atomic E-state index is -0.490. The molecule has 3 aromatic rings. The molecule has 1 aliphatic heterocycles. The second kappa shape index (κ2) is 9.56. The molecular formula is C21H20ClN5O5. The van der Waals surface area contributed by atoms with E-state index in [1.54, 1.807) is 31.4 Å². The number of esters is 1. The van der Waals surface area contributed by atoms with Gasteiger partial charge in [0.15, 0.2) is 23.9 Å². The number of hydrogen-bond donors (Lipinski definition) is 2. The Kier molecular flexibility index (Phi) is 6.41. The van der Waals surface area contributed by atoms with E-state index < -0.39 is 5.97 Å². The normalized spacial score (nSPS) is 12.2. The summed E-state index contributed by atoms with van der Waals surface area (Å²) in [7, 11) is 1.56. The van der Waals surface area contributed by atoms with Gasteiger partial charge in [0.2, 0.25) is 11.9 Å². The van der Waals surface area contributed by atoms with Crippen molar-refractivity contribution in [2.45, 2.75) is 13.0 Å². The van der Waals surface area contributed by atoms with Crippen molar-refractivity contribution >= 4 is 35.2 Å². The van der Waals surface area contributed by atoms with Gasteiger partial charge in [-0.1, -0.05) is 23.7 Å². The number of halogens is 1. The number of para-hydroxylation sites is 2. The number of benzene rings is 2. The molecular weight excluding hydrogens is 438 g/mol. The van der Waals surface area contributed by atoms with E-state index in [-0.39, 0.29) is 30.7 Å². The van der Waals surface area contributed by atoms with Crippen LogP contribution < -0.4 is 25.3 Å². The maximum absolute atomic E-state index is 12.3. The van der Waals surface area contributed by atoms with Gasteiger partial charge in [-0.3, -0.25) is 4.79 Å². The van der Waals surface area contributed by atoms with E-state index >= 15 is 0 Å². The van der Waals surface area contributed by atoms with Gasteiger partial charge in [0.05, 0.1) is 24.2 Å². The van der Waals surface area contributed by atoms with E-state index in [1.165, 1.54) is 0 Å². The largest absolute Gasteiger partial charge is 0.495 e. The fourth-order valence-corrected chi connectivity index (χ4v) is 3.34. The standard InChI is InChI=1S/C21H20ClN5O5/c1-29-15-5-3-2-4-14(15)24-21-26-17(25-20(23)27-21)11-32-18(28)10-12-8-13(22)19-16(9-12)30-6-7-31-19/h2-5,8-9H,6-7,10-11H2,1H3,(H3,23,24,25,26,27). The second-order valence-electron chi connectivity index (χ2n) is 6.70. The Morgan fingerprint density at radius 3 is 2.84 bits per heavy atom. The number of methoxy groups -OCH3 is 1. The highest BCUT2D eigenvalue weighted by molar-refractivity contribution is 6.32. The van der Waals surface area contributed by atoms with E-state index in [9.17, 15) is 4.79 Å². The molecule has 10 nitrogen and oxygen atoms in total. The Labute approximate surface area is 188 Å². The Morgan fingerprint density at radius 1 is 1.19 bits per heavy atom. The second-order valence-corrected chi connectivity index (χ2v) is 7.11. The van der Waals surface area contributed by atoms with Crippen LogP contribution in [0.1, 0.15) is 11.4 Å². The van der Waals surface area contributed by atoms with Gasteiger partial charge in [-0.25, -0.2) is 0 Å². The SMILES string of the molecule is COc1ccccc1Nc1nc(N)nc(COC(=O)Cc2cc(Cl)c3c(c2)OCCO3)n1. The molecule has 0 saturated carbocycles. The van der Waals surface area contributed by atoms with Gasteiger partial charge in [0.25, 0.3) is 0 Å². The van der Waals surface area contributed by atoms with Crippen LogP contribution in [0.3, 0.4) is 0 Å². The topological polar surface area (TPSA) is 131 Å². The summed E-state index contributed by atoms with van der Waals surface area (Å²) in [4.78, 5) is 24.7. The van der Waals surface area contributed by atoms with Crippen LogP contribution in [0.25, 0.3) is 0 Å². The Bertz CT molecular complexity index is 1140. The number of nitrogens with two attached hydrogens (primary N) is 1. The molecule has 3 N–H and O–H groups in total. The van der Waals surface area contributed by atoms with Crippen LogP contribution in [-0.4, -0.2) is 41.2 Å². The van der Waals surface area contributed by atoms with Crippen LogP contribution >= 0.6 is 11.6 Å². The minimum Gasteiger partial charge on any atom is -0.495 e. The van der Waals surface area contributed by atoms with Crippen LogP contribution in [-0.2, 0) is 22.6 Å². The third kappa shape index (κ3) is 5.09. The number of rotatable bonds is 7. The zero-order valence-electron chi connectivity index (χ0n) is 17.1. The van der Waals surface area contributed by atoms with Crippen LogP contribution in [0.15, 0.2) is 36.4 Å². The van der Waals surface area contributed by atoms with Crippen molar-refractivity contribution < 1.29 is 23.7 Å². The highest BCUT2D eigenvalue weighted by Crippen LogP contribution is 2.38. The van der Waals surface area contributed by atoms with Gasteiger partial charge >= 0.3 is 5.97 Å². The first-order valence-electron chi connectivity index (χ1n) is 9.66. The van der Waals surface area contributed by atoms with Crippen molar-refractivity contribution in [3.8, 4) is 17.2 Å². The molecule has 2 aromatic carbocycles. The number of hydrogen-bond acceptors (Lipinski definition) is 10. The van der Waals surface area contributed by atoms with Crippen LogP contribution in [0.4, 0.5) is 17.6 Å². The van der Waals surface area contributed by atoms with Crippen molar-refractivity contribution in [2.24, 2.45) is 0 Å². The maximum atomic E-state index is 12.3. The molecule has 0 radical (unpaired) electrons. The molecule has 11 heteroatoms. The smallest absolute Gasteiger partial charge is 0.310 e. The predicted molar refractivity (Wildman–Crippen MR) is 116 cm³/mol. The molecule has 0 unspecified atom stereocenters. The van der Waals surface area contributed by atoms with E-state index in [0.29, 0.717) is 46.7 Å². The Balaban J connectivity index is 1.40. The summed E-state index contributed by atoms with van der Waals surface area (Å²) in [6.45, 7) is 0.671. The van der Waals surface area contributed by atoms with Crippen molar-refractivity contribution in [3.63, 3.8) is 0 Å². The molecule has 32 heavy (non-hydrogen) atoms. The molecule has 0 fully saturated rings. The lowest BCUT2D eigenvalue weighted by molar-refractivity contribution is -0.144. The predicted octanol–water partition coefficient (Wildman–Crippen LogP) is 2.92. The lowest BCUT2D eigenvalue weighted by Gasteiger charge is -2.20. The zero-order chi connectivity index (χ0) is 22.5. The van der Waals surface area contributed by atoms with Gasteiger partial charge < -0.3 is 30.0 Å². The molecule has 0 bridgehead atoms. The number of carbonyl (C=O) groups is 1. The summed E-state index contributed by atoms with van der Waals surface area (Å²) in [5, 5.41) is 3.40. The van der Waals surface area contributed by atoms with Crippen molar-refractivity contribution in [1.29, 1.82) is 0 Å². The first-order valence-corrected chi connectivity index (χ1v) is 10.0. The van der Waals surface area contributed by atoms with E-state index in [4.69, 9.17) is 36.3 Å². The third-order valence-electron chi connectivity index (χ3n) is 4.42. The minimum absolute atomic E-state index is 0.0107. The van der Waals surface area contributed by atoms with Gasteiger partial charge in [0.1, 0.15) is 19.0 Å². The summed E-state index contributed by atoms with van der Waals surface area (Å²) in [6.07, 6.45) is -0.0107. The number of nitrogens with one attached hydrogen (secondary N) is 1. The summed E-state index contributed by atoms with van der Waals surface area (Å²) >= 11 is 6.21. The molecule has 0 spiro atoms. The summed E-state index contributed by atoms with van der Waals surface area (Å²) < 4.78 is 21.6. The number of anilines is 3. The molecule has 0 aliphatic carbocycles. The summed E-state index contributed by atoms with van der Waals surface area (Å²) in [5.74, 6) is 1.49. The molecule has 1 aliphatic rings. The number of nitrogens with zero attached hydrogens (tertiary/aromatic N) is 3. The molecule has 0 amide bonds. The maximum Gasteiger partial charge on any atom is 0.310 e. The fraction of sp³-hybridized carbons (Fsp3) is 0.238. The van der Waals surface area contributed by atoms with Crippen LogP contribution in [0, 0.1) is 0 Å². The van der Waals surface area contributed by atoms with Gasteiger partial charge in [-0.05, 0) is 29.8 Å². The number of carbonyl (C=O) groups excluding carboxylic acids is 1. The first kappa shape index (κ1) is 21.4. The van der Waals surface area contributed by atoms with Crippen molar-refractivity contribution in [2.75, 3.05) is 31.4 Å². The van der Waals surface area contributed by atoms with Gasteiger partial charge in [0, 0.05) is 0 Å². The number of ether oxygens (including phenoxy) is 4. The van der Waals surface area contributed by atoms with Crippen molar-refractivity contribution in [3.05, 3.63) is 52.8 Å². The van der Waals surface area contributed by atoms with E-state index in [1.807, 2.05) is 12.1 Å². The lowest BCUT2D eigenvalue weighted by atomic mass is 10.1. The fourth-order valence-electron chi connectivity index (χ4n) is 3.06. The van der Waals surface area contributed by atoms with Gasteiger partial charge in [-0.2, -0.15) is 15.0 Å². The Morgan fingerprint density at radius 2 is 2.00 bits per heavy atom. The first-order chi connectivity index (χ1) is 15.5. The number of fused-ring (bicyclic) bond motifs is 1. The number of nitrogen functional groups attached to an aromatic ring is 1. The highest BCUT2D eigenvalue weighted by Gasteiger charge is 2.18. The Hall–Kier alpha value is -3.79. The van der Waals surface area contributed by atoms with E-state index in [2.05, 4.69) is 20.3 Å². The van der Waals surface area contributed by atoms with Crippen LogP contribution in [0.5, 0.6) is 17.2 Å². The van der Waals surface area contributed by atoms with Crippen LogP contribution in [0.2, 0.25) is 5.02 Å². The molecule has 2 heterocycles. The average Bonchev–Trinajstić information content (AvgIpc) is 2.78. The van der Waals surface area contributed by atoms with Crippen molar-refractivity contribution in [1.82, 2.24) is 15.0 Å². The lowest BCUT2D eigenvalue weighted by Crippen LogP contribution is -2.16.